The van der Waals surface area contributed by atoms with Gasteiger partial charge in [-0.05, 0) is 62.3 Å². The topological polar surface area (TPSA) is 80.7 Å². The second-order valence-corrected chi connectivity index (χ2v) is 7.73. The SMILES string of the molecule is CC(C)(C)C(=O)O.CC(C)(C)C(=O)OC(=O)C(C)(C)C. The maximum atomic E-state index is 11.3. The van der Waals surface area contributed by atoms with Crippen molar-refractivity contribution < 1.29 is 24.2 Å². The quantitative estimate of drug-likeness (QED) is 0.546. The van der Waals surface area contributed by atoms with Gasteiger partial charge in [-0.3, -0.25) is 14.4 Å². The van der Waals surface area contributed by atoms with Crippen molar-refractivity contribution in [2.24, 2.45) is 16.2 Å². The van der Waals surface area contributed by atoms with Crippen LogP contribution in [0.15, 0.2) is 0 Å². The van der Waals surface area contributed by atoms with Gasteiger partial charge in [0.05, 0.1) is 16.2 Å². The lowest BCUT2D eigenvalue weighted by molar-refractivity contribution is -0.171. The summed E-state index contributed by atoms with van der Waals surface area (Å²) in [7, 11) is 0. The summed E-state index contributed by atoms with van der Waals surface area (Å²) in [5, 5.41) is 8.25. The van der Waals surface area contributed by atoms with Gasteiger partial charge in [-0.1, -0.05) is 0 Å². The molecule has 0 aliphatic carbocycles. The first-order valence-corrected chi connectivity index (χ1v) is 6.49. The number of hydrogen-bond acceptors (Lipinski definition) is 4. The predicted octanol–water partition coefficient (Wildman–Crippen LogP) is 3.27. The Hall–Kier alpha value is -1.39. The van der Waals surface area contributed by atoms with Gasteiger partial charge < -0.3 is 9.84 Å². The molecule has 0 spiro atoms. The molecule has 1 N–H and O–H groups in total. The fraction of sp³-hybridized carbons (Fsp3) is 0.800. The summed E-state index contributed by atoms with van der Waals surface area (Å²) < 4.78 is 4.70. The van der Waals surface area contributed by atoms with E-state index in [1.165, 1.54) is 0 Å². The number of esters is 2. The highest BCUT2D eigenvalue weighted by atomic mass is 16.6. The van der Waals surface area contributed by atoms with Gasteiger partial charge in [0.15, 0.2) is 0 Å². The molecule has 0 heterocycles. The Kier molecular flexibility index (Phi) is 7.18. The molecule has 0 radical (unpaired) electrons. The first-order chi connectivity index (χ1) is 8.49. The van der Waals surface area contributed by atoms with E-state index in [9.17, 15) is 14.4 Å². The summed E-state index contributed by atoms with van der Waals surface area (Å²) >= 11 is 0. The van der Waals surface area contributed by atoms with Crippen LogP contribution in [0.1, 0.15) is 62.3 Å². The van der Waals surface area contributed by atoms with Crippen LogP contribution in [-0.4, -0.2) is 23.0 Å². The molecule has 20 heavy (non-hydrogen) atoms. The molecule has 5 nitrogen and oxygen atoms in total. The summed E-state index contributed by atoms with van der Waals surface area (Å²) in [4.78, 5) is 32.6. The summed E-state index contributed by atoms with van der Waals surface area (Å²) in [6.07, 6.45) is 0. The van der Waals surface area contributed by atoms with Gasteiger partial charge in [-0.15, -0.1) is 0 Å². The third-order valence-corrected chi connectivity index (χ3v) is 2.05. The van der Waals surface area contributed by atoms with Crippen LogP contribution in [-0.2, 0) is 19.1 Å². The van der Waals surface area contributed by atoms with E-state index in [1.807, 2.05) is 0 Å². The molecule has 0 aliphatic heterocycles. The minimum Gasteiger partial charge on any atom is -0.481 e. The smallest absolute Gasteiger partial charge is 0.318 e. The van der Waals surface area contributed by atoms with Crippen molar-refractivity contribution in [1.29, 1.82) is 0 Å². The lowest BCUT2D eigenvalue weighted by Gasteiger charge is -2.20. The first kappa shape index (κ1) is 20.9. The second-order valence-electron chi connectivity index (χ2n) is 7.73. The van der Waals surface area contributed by atoms with Gasteiger partial charge >= 0.3 is 17.9 Å². The summed E-state index contributed by atoms with van der Waals surface area (Å²) in [6.45, 7) is 15.3. The number of aliphatic carboxylic acids is 1. The minimum atomic E-state index is -0.757. The van der Waals surface area contributed by atoms with Crippen molar-refractivity contribution in [2.45, 2.75) is 62.3 Å². The van der Waals surface area contributed by atoms with Crippen molar-refractivity contribution >= 4 is 17.9 Å². The fourth-order valence-electron chi connectivity index (χ4n) is 0.390. The molecule has 0 aliphatic rings. The van der Waals surface area contributed by atoms with E-state index in [2.05, 4.69) is 0 Å². The molecule has 0 unspecified atom stereocenters. The van der Waals surface area contributed by atoms with Crippen LogP contribution in [0.2, 0.25) is 0 Å². The zero-order chi connectivity index (χ0) is 16.9. The van der Waals surface area contributed by atoms with Gasteiger partial charge in [0.1, 0.15) is 0 Å². The zero-order valence-electron chi connectivity index (χ0n) is 14.1. The fourth-order valence-corrected chi connectivity index (χ4v) is 0.390. The van der Waals surface area contributed by atoms with Crippen LogP contribution in [0.25, 0.3) is 0 Å². The molecule has 0 amide bonds. The van der Waals surface area contributed by atoms with Crippen molar-refractivity contribution in [1.82, 2.24) is 0 Å². The van der Waals surface area contributed by atoms with Crippen LogP contribution in [0, 0.1) is 16.2 Å². The number of carboxylic acid groups (broad SMARTS) is 1. The molecule has 0 bridgehead atoms. The maximum absolute atomic E-state index is 11.3. The lowest BCUT2D eigenvalue weighted by atomic mass is 9.95. The molecule has 5 heteroatoms. The molecule has 0 rings (SSSR count). The number of hydrogen-bond donors (Lipinski definition) is 1. The lowest BCUT2D eigenvalue weighted by Crippen LogP contribution is -2.31. The molecular weight excluding hydrogens is 260 g/mol. The summed E-state index contributed by atoms with van der Waals surface area (Å²) in [6, 6.07) is 0. The number of carbonyl (C=O) groups excluding carboxylic acids is 2. The largest absolute Gasteiger partial charge is 0.481 e. The molecule has 0 saturated carbocycles. The Morgan fingerprint density at radius 2 is 0.850 bits per heavy atom. The molecule has 0 aromatic heterocycles. The van der Waals surface area contributed by atoms with Gasteiger partial charge in [-0.25, -0.2) is 0 Å². The number of carbonyl (C=O) groups is 3. The zero-order valence-corrected chi connectivity index (χ0v) is 14.1. The van der Waals surface area contributed by atoms with Crippen LogP contribution in [0.3, 0.4) is 0 Å². The van der Waals surface area contributed by atoms with E-state index in [4.69, 9.17) is 9.84 Å². The van der Waals surface area contributed by atoms with Crippen molar-refractivity contribution in [3.63, 3.8) is 0 Å². The maximum Gasteiger partial charge on any atom is 0.318 e. The third kappa shape index (κ3) is 9.53. The van der Waals surface area contributed by atoms with E-state index >= 15 is 0 Å². The highest BCUT2D eigenvalue weighted by Gasteiger charge is 2.31. The summed E-state index contributed by atoms with van der Waals surface area (Å²) in [5.41, 5.74) is -1.83. The van der Waals surface area contributed by atoms with E-state index in [1.54, 1.807) is 62.3 Å². The van der Waals surface area contributed by atoms with Crippen LogP contribution in [0.4, 0.5) is 0 Å². The highest BCUT2D eigenvalue weighted by molar-refractivity contribution is 5.90. The van der Waals surface area contributed by atoms with Gasteiger partial charge in [0.2, 0.25) is 0 Å². The van der Waals surface area contributed by atoms with Crippen molar-refractivity contribution in [3.05, 3.63) is 0 Å². The number of carboxylic acids is 1. The average molecular weight is 288 g/mol. The molecule has 0 saturated heterocycles. The Morgan fingerprint density at radius 3 is 0.950 bits per heavy atom. The standard InChI is InChI=1S/C10H18O3.C5H10O2/c1-9(2,3)7(11)13-8(12)10(4,5)6;1-5(2,3)4(6)7/h1-6H3;1-3H3,(H,6,7). The number of ether oxygens (including phenoxy) is 1. The number of rotatable bonds is 0. The molecule has 0 fully saturated rings. The summed E-state index contributed by atoms with van der Waals surface area (Å²) in [5.74, 6) is -1.72. The van der Waals surface area contributed by atoms with E-state index in [0.717, 1.165) is 0 Å². The van der Waals surface area contributed by atoms with E-state index < -0.39 is 34.2 Å². The van der Waals surface area contributed by atoms with Crippen LogP contribution < -0.4 is 0 Å². The average Bonchev–Trinajstić information content (AvgIpc) is 2.13. The molecule has 0 atom stereocenters. The predicted molar refractivity (Wildman–Crippen MR) is 77.1 cm³/mol. The van der Waals surface area contributed by atoms with Crippen LogP contribution >= 0.6 is 0 Å². The monoisotopic (exact) mass is 288 g/mol. The van der Waals surface area contributed by atoms with Crippen molar-refractivity contribution in [2.75, 3.05) is 0 Å². The molecule has 0 aromatic carbocycles. The Bertz CT molecular complexity index is 337. The van der Waals surface area contributed by atoms with Crippen LogP contribution in [0.5, 0.6) is 0 Å². The Morgan fingerprint density at radius 1 is 0.650 bits per heavy atom. The molecule has 118 valence electrons. The Labute approximate surface area is 121 Å². The second kappa shape index (κ2) is 6.86. The van der Waals surface area contributed by atoms with Gasteiger partial charge in [0, 0.05) is 0 Å². The first-order valence-electron chi connectivity index (χ1n) is 6.49. The van der Waals surface area contributed by atoms with Crippen molar-refractivity contribution in [3.8, 4) is 0 Å². The van der Waals surface area contributed by atoms with Gasteiger partial charge in [-0.2, -0.15) is 0 Å². The van der Waals surface area contributed by atoms with Gasteiger partial charge in [0.25, 0.3) is 0 Å². The Balaban J connectivity index is 0. The van der Waals surface area contributed by atoms with E-state index in [-0.39, 0.29) is 0 Å². The molecular formula is C15H28O5. The van der Waals surface area contributed by atoms with E-state index in [0.29, 0.717) is 0 Å². The minimum absolute atomic E-state index is 0.479. The highest BCUT2D eigenvalue weighted by Crippen LogP contribution is 2.20. The molecule has 0 aromatic rings. The third-order valence-electron chi connectivity index (χ3n) is 2.05. The normalized spacial score (nSPS) is 12.1.